The van der Waals surface area contributed by atoms with Crippen LogP contribution in [-0.4, -0.2) is 0 Å². The van der Waals surface area contributed by atoms with E-state index < -0.39 is 0 Å². The predicted molar refractivity (Wildman–Crippen MR) is 505 cm³/mol. The molecule has 0 heteroatoms. The van der Waals surface area contributed by atoms with Crippen molar-refractivity contribution in [3.8, 4) is 100 Å². The lowest BCUT2D eigenvalue weighted by Gasteiger charge is -2.38. The van der Waals surface area contributed by atoms with Crippen LogP contribution in [0.1, 0.15) is 328 Å². The van der Waals surface area contributed by atoms with Crippen LogP contribution in [0.25, 0.3) is 100 Å². The molecule has 608 valence electrons. The molecule has 15 rings (SSSR count). The summed E-state index contributed by atoms with van der Waals surface area (Å²) >= 11 is 0. The average Bonchev–Trinajstić information content (AvgIpc) is 1.57. The third-order valence-corrected chi connectivity index (χ3v) is 32.1. The van der Waals surface area contributed by atoms with E-state index in [0.717, 1.165) is 77.0 Å². The molecule has 5 aliphatic rings. The molecule has 10 aromatic carbocycles. The van der Waals surface area contributed by atoms with Crippen molar-refractivity contribution in [3.05, 3.63) is 249 Å². The van der Waals surface area contributed by atoms with Crippen LogP contribution in [-0.2, 0) is 27.1 Å². The van der Waals surface area contributed by atoms with E-state index in [0.29, 0.717) is 59.2 Å². The maximum Gasteiger partial charge on any atom is 0.0220 e. The van der Waals surface area contributed by atoms with E-state index >= 15 is 0 Å². The van der Waals surface area contributed by atoms with Crippen molar-refractivity contribution in [2.75, 3.05) is 0 Å². The Labute approximate surface area is 704 Å². The first-order chi connectivity index (χ1) is 55.9. The fraction of sp³-hybridized carbons (Fsp3) is 0.483. The van der Waals surface area contributed by atoms with Crippen molar-refractivity contribution in [2.45, 2.75) is 301 Å². The summed E-state index contributed by atoms with van der Waals surface area (Å²) in [6.45, 7) is 51.8. The monoisotopic (exact) mass is 1540 g/mol. The third kappa shape index (κ3) is 14.3. The van der Waals surface area contributed by atoms with Gasteiger partial charge in [-0.3, -0.25) is 0 Å². The third-order valence-electron chi connectivity index (χ3n) is 32.1. The first-order valence-electron chi connectivity index (χ1n) is 47.3. The van der Waals surface area contributed by atoms with Crippen LogP contribution in [0.4, 0.5) is 0 Å². The smallest absolute Gasteiger partial charge is 0.0220 e. The van der Waals surface area contributed by atoms with E-state index in [1.54, 1.807) is 55.6 Å². The van der Waals surface area contributed by atoms with Gasteiger partial charge in [0.05, 0.1) is 0 Å². The molecule has 5 aliphatic carbocycles. The van der Waals surface area contributed by atoms with Crippen LogP contribution in [0.3, 0.4) is 0 Å². The van der Waals surface area contributed by atoms with Gasteiger partial charge in [0.15, 0.2) is 0 Å². The van der Waals surface area contributed by atoms with Gasteiger partial charge in [-0.05, 0) is 335 Å². The lowest BCUT2D eigenvalue weighted by atomic mass is 9.65. The highest BCUT2D eigenvalue weighted by atomic mass is 14.5. The second kappa shape index (κ2) is 33.4. The molecule has 116 heavy (non-hydrogen) atoms. The maximum absolute atomic E-state index is 2.74. The number of fused-ring (bicyclic) bond motifs is 15. The van der Waals surface area contributed by atoms with E-state index in [9.17, 15) is 0 Å². The zero-order valence-corrected chi connectivity index (χ0v) is 75.8. The molecule has 0 nitrogen and oxygen atoms in total. The Hall–Kier alpha value is -7.80. The predicted octanol–water partition coefficient (Wildman–Crippen LogP) is 34.4. The molecule has 0 saturated carbocycles. The van der Waals surface area contributed by atoms with Gasteiger partial charge >= 0.3 is 0 Å². The van der Waals surface area contributed by atoms with E-state index in [1.165, 1.54) is 157 Å². The zero-order chi connectivity index (χ0) is 82.1. The molecule has 10 unspecified atom stereocenters. The molecule has 0 fully saturated rings. The van der Waals surface area contributed by atoms with Crippen molar-refractivity contribution in [1.82, 2.24) is 0 Å². The van der Waals surface area contributed by atoms with E-state index in [1.807, 2.05) is 0 Å². The topological polar surface area (TPSA) is 0 Å². The normalized spacial score (nSPS) is 22.2. The van der Waals surface area contributed by atoms with Crippen molar-refractivity contribution in [3.63, 3.8) is 0 Å². The molecule has 0 N–H and O–H groups in total. The summed E-state index contributed by atoms with van der Waals surface area (Å²) in [6.07, 6.45) is 23.3. The Morgan fingerprint density at radius 3 is 0.500 bits per heavy atom. The highest BCUT2D eigenvalue weighted by Crippen LogP contribution is 2.64. The second-order valence-electron chi connectivity index (χ2n) is 40.3. The van der Waals surface area contributed by atoms with Gasteiger partial charge in [-0.15, -0.1) is 0 Å². The number of hydrogen-bond acceptors (Lipinski definition) is 0. The Kier molecular flexibility index (Phi) is 24.0. The highest BCUT2D eigenvalue weighted by Gasteiger charge is 2.51. The molecular formula is C116H144. The summed E-state index contributed by atoms with van der Waals surface area (Å²) in [7, 11) is 0. The Morgan fingerprint density at radius 1 is 0.172 bits per heavy atom. The largest absolute Gasteiger partial charge is 0.0651 e. The van der Waals surface area contributed by atoms with Gasteiger partial charge in [0.2, 0.25) is 0 Å². The van der Waals surface area contributed by atoms with Crippen LogP contribution < -0.4 is 0 Å². The average molecular weight is 1540 g/mol. The fourth-order valence-electron chi connectivity index (χ4n) is 24.0. The molecule has 0 aromatic heterocycles. The number of benzene rings is 10. The van der Waals surface area contributed by atoms with Gasteiger partial charge in [-0.25, -0.2) is 0 Å². The molecular weight excluding hydrogens is 1390 g/mol. The summed E-state index contributed by atoms with van der Waals surface area (Å²) in [5, 5.41) is 0. The first kappa shape index (κ1) is 83.3. The standard InChI is InChI=1S/C116H144/c1-22-73(11)63-112(64-74(12)23-2)102-35-33-32-34-92(102)94-46-37-84(55-104(94)112)86-39-48-96-98-50-41-88(59-108(98)114(106(96)57-86,67-77(15)26-5)68-78(16)27-6)90-43-52-100-101-53-44-91(62-111(101)116(110(100)61-90,71-81(19)30-9)72-82(20)31-10)89-42-51-99-97-49-40-87(58-107(97)115(109(99)60-89,69-79(17)28-7)70-80(18)29-8)85-38-47-95-93-45-36-83(21)54-103(93)113(105(95)56-85,65-75(13)24-3)66-76(14)25-4/h32-62,73-82H,22-31,63-72H2,1-21H3. The second-order valence-corrected chi connectivity index (χ2v) is 40.3. The molecule has 0 spiro atoms. The SMILES string of the molecule is CCC(C)CC1(CC(C)CC)c2ccccc2-c2ccc(-c3ccc4c(c3)C(CC(C)CC)(CC(C)CC)c3cc(-c5ccc6c(c5)C(CC(C)CC)(CC(C)CC)c5cc(-c7ccc8c(c7)C(CC(C)CC)(CC(C)CC)c7cc(-c9ccc%10c(c9)C(CC(C)CC)(CC(C)CC)c9cc(C)ccc9-%10)ccc7-8)ccc5-6)ccc3-4)cc21. The molecule has 0 aliphatic heterocycles. The van der Waals surface area contributed by atoms with Crippen LogP contribution in [0.15, 0.2) is 188 Å². The lowest BCUT2D eigenvalue weighted by Crippen LogP contribution is -2.31. The Bertz CT molecular complexity index is 5150. The minimum Gasteiger partial charge on any atom is -0.0651 e. The number of hydrogen-bond donors (Lipinski definition) is 0. The van der Waals surface area contributed by atoms with Crippen molar-refractivity contribution < 1.29 is 0 Å². The van der Waals surface area contributed by atoms with E-state index in [-0.39, 0.29) is 27.1 Å². The molecule has 0 amide bonds. The number of aryl methyl sites for hydroxylation is 1. The molecule has 0 heterocycles. The Morgan fingerprint density at radius 2 is 0.319 bits per heavy atom. The van der Waals surface area contributed by atoms with Crippen molar-refractivity contribution >= 4 is 0 Å². The maximum atomic E-state index is 2.74. The first-order valence-corrected chi connectivity index (χ1v) is 47.3. The van der Waals surface area contributed by atoms with Gasteiger partial charge in [0.1, 0.15) is 0 Å². The van der Waals surface area contributed by atoms with Gasteiger partial charge in [-0.2, -0.15) is 0 Å². The summed E-state index contributed by atoms with van der Waals surface area (Å²) in [4.78, 5) is 0. The lowest BCUT2D eigenvalue weighted by molar-refractivity contribution is 0.308. The quantitative estimate of drug-likeness (QED) is 0.0377. The van der Waals surface area contributed by atoms with Gasteiger partial charge in [0, 0.05) is 27.1 Å². The Balaban J connectivity index is 0.832. The van der Waals surface area contributed by atoms with Crippen molar-refractivity contribution in [1.29, 1.82) is 0 Å². The van der Waals surface area contributed by atoms with Crippen LogP contribution in [0, 0.1) is 66.1 Å². The zero-order valence-electron chi connectivity index (χ0n) is 75.8. The molecule has 0 bridgehead atoms. The summed E-state index contributed by atoms with van der Waals surface area (Å²) in [5.41, 5.74) is 41.9. The van der Waals surface area contributed by atoms with Gasteiger partial charge < -0.3 is 0 Å². The summed E-state index contributed by atoms with van der Waals surface area (Å²) in [5.74, 6) is 5.78. The summed E-state index contributed by atoms with van der Waals surface area (Å²) < 4.78 is 0. The van der Waals surface area contributed by atoms with E-state index in [4.69, 9.17) is 0 Å². The van der Waals surface area contributed by atoms with Gasteiger partial charge in [0.25, 0.3) is 0 Å². The minimum absolute atomic E-state index is 0.00977. The van der Waals surface area contributed by atoms with Gasteiger partial charge in [-0.1, -0.05) is 348 Å². The molecule has 0 saturated heterocycles. The summed E-state index contributed by atoms with van der Waals surface area (Å²) in [6, 6.07) is 79.1. The molecule has 10 aromatic rings. The fourth-order valence-corrected chi connectivity index (χ4v) is 24.0. The van der Waals surface area contributed by atoms with Crippen LogP contribution >= 0.6 is 0 Å². The van der Waals surface area contributed by atoms with E-state index in [2.05, 4.69) is 333 Å². The van der Waals surface area contributed by atoms with Crippen LogP contribution in [0.5, 0.6) is 0 Å². The van der Waals surface area contributed by atoms with Crippen LogP contribution in [0.2, 0.25) is 0 Å². The number of rotatable bonds is 34. The van der Waals surface area contributed by atoms with Crippen molar-refractivity contribution in [2.24, 2.45) is 59.2 Å². The minimum atomic E-state index is -0.161. The highest BCUT2D eigenvalue weighted by molar-refractivity contribution is 5.93. The molecule has 10 atom stereocenters. The molecule has 0 radical (unpaired) electrons.